The topological polar surface area (TPSA) is 99.5 Å². The van der Waals surface area contributed by atoms with E-state index in [0.29, 0.717) is 10.6 Å². The minimum Gasteiger partial charge on any atom is -0.457 e. The molecule has 2 amide bonds. The van der Waals surface area contributed by atoms with Gasteiger partial charge in [-0.3, -0.25) is 9.59 Å². The molecule has 0 aliphatic heterocycles. The Morgan fingerprint density at radius 1 is 1.00 bits per heavy atom. The minimum atomic E-state index is -2.09. The van der Waals surface area contributed by atoms with E-state index in [-0.39, 0.29) is 13.0 Å². The van der Waals surface area contributed by atoms with E-state index in [9.17, 15) is 19.6 Å². The van der Waals surface area contributed by atoms with Gasteiger partial charge in [-0.2, -0.15) is 5.26 Å². The SMILES string of the molecule is CC(C)[C@@H](C(=O)N[C@](C#N)(Cc1ccc(Cl)cc1)C(=O)OC(C)(C)C)N(Cc1ccccc1)C(=O)C(Cl)Cl. The maximum absolute atomic E-state index is 13.9. The summed E-state index contributed by atoms with van der Waals surface area (Å²) in [5.74, 6) is -2.75. The predicted octanol–water partition coefficient (Wildman–Crippen LogP) is 5.46. The van der Waals surface area contributed by atoms with Gasteiger partial charge in [0, 0.05) is 18.0 Å². The number of ether oxygens (including phenoxy) is 1. The molecule has 1 N–H and O–H groups in total. The highest BCUT2D eigenvalue weighted by Crippen LogP contribution is 2.24. The largest absolute Gasteiger partial charge is 0.457 e. The van der Waals surface area contributed by atoms with Crippen LogP contribution in [0, 0.1) is 17.2 Å². The third kappa shape index (κ3) is 8.62. The average molecular weight is 581 g/mol. The summed E-state index contributed by atoms with van der Waals surface area (Å²) in [4.78, 5) is 40.2. The summed E-state index contributed by atoms with van der Waals surface area (Å²) < 4.78 is 5.55. The minimum absolute atomic E-state index is 0.0368. The second-order valence-corrected chi connectivity index (χ2v) is 11.8. The molecule has 0 radical (unpaired) electrons. The fourth-order valence-electron chi connectivity index (χ4n) is 3.86. The molecule has 0 spiro atoms. The molecular weight excluding hydrogens is 549 g/mol. The zero-order chi connectivity index (χ0) is 28.7. The molecule has 0 bridgehead atoms. The molecule has 2 aromatic carbocycles. The number of amides is 2. The molecule has 2 rings (SSSR count). The van der Waals surface area contributed by atoms with Crippen molar-refractivity contribution in [2.24, 2.45) is 5.92 Å². The first-order valence-electron chi connectivity index (χ1n) is 12.0. The van der Waals surface area contributed by atoms with Crippen molar-refractivity contribution in [2.75, 3.05) is 0 Å². The van der Waals surface area contributed by atoms with Crippen LogP contribution in [0.1, 0.15) is 45.7 Å². The lowest BCUT2D eigenvalue weighted by Gasteiger charge is -2.37. The molecule has 38 heavy (non-hydrogen) atoms. The van der Waals surface area contributed by atoms with Crippen LogP contribution in [0.4, 0.5) is 0 Å². The Kier molecular flexibility index (Phi) is 11.0. The van der Waals surface area contributed by atoms with E-state index >= 15 is 0 Å². The summed E-state index contributed by atoms with van der Waals surface area (Å²) in [6.45, 7) is 8.51. The van der Waals surface area contributed by atoms with Gasteiger partial charge in [-0.15, -0.1) is 0 Å². The molecule has 2 aromatic rings. The monoisotopic (exact) mass is 579 g/mol. The first kappa shape index (κ1) is 31.4. The number of alkyl halides is 2. The Morgan fingerprint density at radius 3 is 2.05 bits per heavy atom. The second kappa shape index (κ2) is 13.3. The van der Waals surface area contributed by atoms with Gasteiger partial charge in [0.05, 0.1) is 0 Å². The van der Waals surface area contributed by atoms with E-state index in [1.807, 2.05) is 12.1 Å². The van der Waals surface area contributed by atoms with Crippen molar-refractivity contribution in [3.63, 3.8) is 0 Å². The van der Waals surface area contributed by atoms with E-state index in [4.69, 9.17) is 39.5 Å². The average Bonchev–Trinajstić information content (AvgIpc) is 2.83. The zero-order valence-corrected chi connectivity index (χ0v) is 24.3. The summed E-state index contributed by atoms with van der Waals surface area (Å²) in [6.07, 6.45) is -0.188. The number of rotatable bonds is 10. The van der Waals surface area contributed by atoms with Crippen LogP contribution in [-0.4, -0.2) is 44.7 Å². The van der Waals surface area contributed by atoms with Crippen molar-refractivity contribution in [2.45, 2.75) is 69.6 Å². The molecule has 0 saturated carbocycles. The number of halogens is 3. The lowest BCUT2D eigenvalue weighted by molar-refractivity contribution is -0.162. The van der Waals surface area contributed by atoms with Gasteiger partial charge in [0.25, 0.3) is 5.91 Å². The Hall–Kier alpha value is -2.79. The van der Waals surface area contributed by atoms with Crippen LogP contribution in [0.15, 0.2) is 54.6 Å². The number of hydrogen-bond acceptors (Lipinski definition) is 5. The van der Waals surface area contributed by atoms with Gasteiger partial charge in [-0.25, -0.2) is 4.79 Å². The maximum atomic E-state index is 13.9. The zero-order valence-electron chi connectivity index (χ0n) is 22.0. The van der Waals surface area contributed by atoms with Gasteiger partial charge in [-0.1, -0.05) is 91.1 Å². The number of esters is 1. The van der Waals surface area contributed by atoms with Crippen LogP contribution in [0.5, 0.6) is 0 Å². The van der Waals surface area contributed by atoms with Crippen molar-refractivity contribution >= 4 is 52.6 Å². The number of benzene rings is 2. The lowest BCUT2D eigenvalue weighted by Crippen LogP contribution is -2.62. The molecule has 204 valence electrons. The molecule has 0 aliphatic rings. The van der Waals surface area contributed by atoms with E-state index in [0.717, 1.165) is 5.56 Å². The Balaban J connectivity index is 2.53. The molecule has 0 saturated heterocycles. The Bertz CT molecular complexity index is 1160. The van der Waals surface area contributed by atoms with Crippen LogP contribution in [-0.2, 0) is 32.1 Å². The molecule has 0 heterocycles. The van der Waals surface area contributed by atoms with E-state index < -0.39 is 45.7 Å². The normalized spacial score (nSPS) is 13.8. The highest BCUT2D eigenvalue weighted by molar-refractivity contribution is 6.53. The van der Waals surface area contributed by atoms with Crippen molar-refractivity contribution in [3.05, 3.63) is 70.7 Å². The molecule has 0 aromatic heterocycles. The van der Waals surface area contributed by atoms with Crippen LogP contribution < -0.4 is 5.32 Å². The standard InChI is InChI=1S/C28H32Cl3N3O4/c1-18(2)22(34(25(36)23(30)31)16-20-9-7-6-8-10-20)24(35)33-28(17-32,26(37)38-27(3,4)5)15-19-11-13-21(29)14-12-19/h6-14,18,22-23H,15-16H2,1-5H3,(H,33,35)/t22-,28-/m0/s1. The molecule has 10 heteroatoms. The Morgan fingerprint density at radius 2 is 1.58 bits per heavy atom. The number of nitrogens with one attached hydrogen (secondary N) is 1. The number of hydrogen-bond donors (Lipinski definition) is 1. The third-order valence-corrected chi connectivity index (χ3v) is 6.18. The van der Waals surface area contributed by atoms with Crippen LogP contribution in [0.2, 0.25) is 5.02 Å². The van der Waals surface area contributed by atoms with E-state index in [1.165, 1.54) is 4.90 Å². The number of nitriles is 1. The third-order valence-electron chi connectivity index (χ3n) is 5.56. The molecule has 0 aliphatic carbocycles. The van der Waals surface area contributed by atoms with Crippen molar-refractivity contribution in [1.82, 2.24) is 10.2 Å². The summed E-state index contributed by atoms with van der Waals surface area (Å²) in [5, 5.41) is 13.4. The quantitative estimate of drug-likeness (QED) is 0.297. The van der Waals surface area contributed by atoms with Crippen LogP contribution >= 0.6 is 34.8 Å². The summed E-state index contributed by atoms with van der Waals surface area (Å²) in [7, 11) is 0. The summed E-state index contributed by atoms with van der Waals surface area (Å²) in [6, 6.07) is 16.4. The highest BCUT2D eigenvalue weighted by atomic mass is 35.5. The van der Waals surface area contributed by atoms with Crippen molar-refractivity contribution in [1.29, 1.82) is 5.26 Å². The number of carbonyl (C=O) groups is 3. The van der Waals surface area contributed by atoms with E-state index in [2.05, 4.69) is 5.32 Å². The first-order chi connectivity index (χ1) is 17.7. The molecule has 0 fully saturated rings. The van der Waals surface area contributed by atoms with Gasteiger partial charge < -0.3 is 15.0 Å². The van der Waals surface area contributed by atoms with Crippen LogP contribution in [0.25, 0.3) is 0 Å². The molecular formula is C28H32Cl3N3O4. The predicted molar refractivity (Wildman–Crippen MR) is 149 cm³/mol. The van der Waals surface area contributed by atoms with E-state index in [1.54, 1.807) is 83.1 Å². The summed E-state index contributed by atoms with van der Waals surface area (Å²) >= 11 is 17.9. The van der Waals surface area contributed by atoms with Crippen molar-refractivity contribution in [3.8, 4) is 6.07 Å². The molecule has 0 unspecified atom stereocenters. The number of carbonyl (C=O) groups excluding carboxylic acids is 3. The molecule has 2 atom stereocenters. The number of nitrogens with zero attached hydrogens (tertiary/aromatic N) is 2. The van der Waals surface area contributed by atoms with Crippen molar-refractivity contribution < 1.29 is 19.1 Å². The maximum Gasteiger partial charge on any atom is 0.347 e. The highest BCUT2D eigenvalue weighted by Gasteiger charge is 2.47. The smallest absolute Gasteiger partial charge is 0.347 e. The molecule has 7 nitrogen and oxygen atoms in total. The fraction of sp³-hybridized carbons (Fsp3) is 0.429. The Labute approximate surface area is 239 Å². The van der Waals surface area contributed by atoms with Gasteiger partial charge >= 0.3 is 5.97 Å². The van der Waals surface area contributed by atoms with Gasteiger partial charge in [0.15, 0.2) is 4.84 Å². The lowest BCUT2D eigenvalue weighted by atomic mass is 9.90. The first-order valence-corrected chi connectivity index (χ1v) is 13.3. The second-order valence-electron chi connectivity index (χ2n) is 10.3. The fourth-order valence-corrected chi connectivity index (χ4v) is 4.24. The van der Waals surface area contributed by atoms with Gasteiger partial charge in [-0.05, 0) is 49.9 Å². The summed E-state index contributed by atoms with van der Waals surface area (Å²) in [5.41, 5.74) is -1.70. The van der Waals surface area contributed by atoms with Gasteiger partial charge in [0.1, 0.15) is 17.7 Å². The van der Waals surface area contributed by atoms with Crippen LogP contribution in [0.3, 0.4) is 0 Å². The van der Waals surface area contributed by atoms with Gasteiger partial charge in [0.2, 0.25) is 11.4 Å².